The number of carbonyl (C=O) groups is 1. The normalized spacial score (nSPS) is 12.6. The van der Waals surface area contributed by atoms with E-state index in [4.69, 9.17) is 4.43 Å². The average Bonchev–Trinajstić information content (AvgIpc) is 2.46. The van der Waals surface area contributed by atoms with E-state index < -0.39 is 16.6 Å². The Hall–Kier alpha value is -0.886. The first-order chi connectivity index (χ1) is 7.59. The second kappa shape index (κ2) is 4.77. The lowest BCUT2D eigenvalue weighted by Crippen LogP contribution is -2.35. The molecule has 0 bridgehead atoms. The molecule has 4 nitrogen and oxygen atoms in total. The fraction of sp³-hybridized carbons (Fsp3) is 0.636. The molecule has 17 heavy (non-hydrogen) atoms. The lowest BCUT2D eigenvalue weighted by molar-refractivity contribution is -0.134. The van der Waals surface area contributed by atoms with E-state index >= 15 is 0 Å². The first-order valence-electron chi connectivity index (χ1n) is 5.83. The summed E-state index contributed by atoms with van der Waals surface area (Å²) in [6.45, 7) is 12.7. The van der Waals surface area contributed by atoms with E-state index in [-0.39, 0.29) is 5.97 Å². The summed E-state index contributed by atoms with van der Waals surface area (Å²) in [5.74, 6) is -0.135. The summed E-state index contributed by atoms with van der Waals surface area (Å²) >= 11 is 0. The minimum atomic E-state index is -1.78. The van der Waals surface area contributed by atoms with Gasteiger partial charge in [0.25, 0.3) is 5.97 Å². The van der Waals surface area contributed by atoms with Gasteiger partial charge in [-0.3, -0.25) is 4.79 Å². The van der Waals surface area contributed by atoms with Crippen LogP contribution in [0.5, 0.6) is 0 Å². The van der Waals surface area contributed by atoms with Gasteiger partial charge in [0.15, 0.2) is 8.24 Å². The minimum absolute atomic E-state index is 0.135. The van der Waals surface area contributed by atoms with E-state index in [9.17, 15) is 4.79 Å². The van der Waals surface area contributed by atoms with Crippen LogP contribution in [0.15, 0.2) is 12.5 Å². The van der Waals surface area contributed by atoms with Crippen molar-refractivity contribution in [1.29, 1.82) is 0 Å². The van der Waals surface area contributed by atoms with Crippen molar-refractivity contribution in [3.8, 4) is 0 Å². The highest BCUT2D eigenvalue weighted by Gasteiger charge is 2.24. The topological polar surface area (TPSA) is 44.1 Å². The van der Waals surface area contributed by atoms with E-state index in [2.05, 4.69) is 28.9 Å². The highest BCUT2D eigenvalue weighted by molar-refractivity contribution is 6.74. The number of imidazole rings is 1. The second-order valence-electron chi connectivity index (χ2n) is 6.19. The largest absolute Gasteiger partial charge is 0.520 e. The highest BCUT2D eigenvalue weighted by Crippen LogP contribution is 2.12. The number of hydrogen-bond acceptors (Lipinski definition) is 3. The third kappa shape index (κ3) is 4.47. The van der Waals surface area contributed by atoms with Gasteiger partial charge in [0.05, 0.1) is 12.7 Å². The molecule has 0 saturated heterocycles. The first kappa shape index (κ1) is 14.2. The van der Waals surface area contributed by atoms with Crippen LogP contribution in [0.3, 0.4) is 0 Å². The van der Waals surface area contributed by atoms with Gasteiger partial charge in [-0.2, -0.15) is 0 Å². The van der Waals surface area contributed by atoms with E-state index in [1.807, 2.05) is 26.0 Å². The van der Waals surface area contributed by atoms with Gasteiger partial charge in [0, 0.05) is 11.9 Å². The van der Waals surface area contributed by atoms with Crippen molar-refractivity contribution < 1.29 is 9.22 Å². The Balaban J connectivity index is 2.77. The fourth-order valence-electron chi connectivity index (χ4n) is 1.58. The zero-order chi connectivity index (χ0) is 13.3. The van der Waals surface area contributed by atoms with Crippen LogP contribution in [0.4, 0.5) is 0 Å². The Bertz CT molecular complexity index is 402. The van der Waals surface area contributed by atoms with E-state index in [1.54, 1.807) is 6.20 Å². The number of aromatic nitrogens is 2. The van der Waals surface area contributed by atoms with Crippen LogP contribution >= 0.6 is 0 Å². The maximum Gasteiger partial charge on any atom is 0.298 e. The van der Waals surface area contributed by atoms with Crippen LogP contribution in [0, 0.1) is 0 Å². The molecule has 0 aromatic carbocycles. The number of carbonyl (C=O) groups excluding carboxylic acids is 1. The quantitative estimate of drug-likeness (QED) is 0.790. The van der Waals surface area contributed by atoms with Crippen LogP contribution in [0.2, 0.25) is 39.3 Å². The Kier molecular flexibility index (Phi) is 3.98. The molecule has 0 N–H and O–H groups in total. The van der Waals surface area contributed by atoms with Gasteiger partial charge in [-0.05, 0) is 19.6 Å². The summed E-state index contributed by atoms with van der Waals surface area (Å²) in [6, 6.07) is 0. The lowest BCUT2D eigenvalue weighted by Gasteiger charge is -2.22. The lowest BCUT2D eigenvalue weighted by atomic mass is 10.3. The molecule has 0 amide bonds. The molecule has 0 aliphatic rings. The molecule has 96 valence electrons. The zero-order valence-corrected chi connectivity index (χ0v) is 13.6. The predicted octanol–water partition coefficient (Wildman–Crippen LogP) is 2.49. The zero-order valence-electron chi connectivity index (χ0n) is 11.6. The fourth-order valence-corrected chi connectivity index (χ4v) is 3.75. The molecule has 6 heteroatoms. The third-order valence-corrected chi connectivity index (χ3v) is 4.87. The van der Waals surface area contributed by atoms with Gasteiger partial charge in [0.1, 0.15) is 0 Å². The van der Waals surface area contributed by atoms with Crippen molar-refractivity contribution >= 4 is 22.5 Å². The van der Waals surface area contributed by atoms with Crippen molar-refractivity contribution in [2.75, 3.05) is 0 Å². The van der Waals surface area contributed by atoms with Crippen LogP contribution < -0.4 is 0 Å². The number of rotatable bonds is 4. The van der Waals surface area contributed by atoms with Crippen molar-refractivity contribution in [2.45, 2.75) is 45.7 Å². The van der Waals surface area contributed by atoms with Crippen molar-refractivity contribution in [2.24, 2.45) is 0 Å². The van der Waals surface area contributed by atoms with Gasteiger partial charge in [0.2, 0.25) is 8.32 Å². The molecule has 0 radical (unpaired) electrons. The monoisotopic (exact) mass is 270 g/mol. The van der Waals surface area contributed by atoms with Gasteiger partial charge < -0.3 is 8.66 Å². The molecule has 0 atom stereocenters. The summed E-state index contributed by atoms with van der Waals surface area (Å²) in [5.41, 5.74) is 0.965. The molecule has 0 fully saturated rings. The highest BCUT2D eigenvalue weighted by atomic mass is 28.4. The average molecular weight is 270 g/mol. The molecule has 0 unspecified atom stereocenters. The Morgan fingerprint density at radius 2 is 1.88 bits per heavy atom. The van der Waals surface area contributed by atoms with E-state index in [0.717, 1.165) is 5.69 Å². The second-order valence-corrected chi connectivity index (χ2v) is 15.4. The minimum Gasteiger partial charge on any atom is -0.520 e. The van der Waals surface area contributed by atoms with Crippen molar-refractivity contribution in [3.05, 3.63) is 18.2 Å². The van der Waals surface area contributed by atoms with Gasteiger partial charge in [-0.15, -0.1) is 0 Å². The maximum absolute atomic E-state index is 11.8. The molecule has 1 aromatic rings. The number of nitrogens with zero attached hydrogens (tertiary/aromatic N) is 2. The summed E-state index contributed by atoms with van der Waals surface area (Å²) in [7, 11) is -3.28. The maximum atomic E-state index is 11.8. The Morgan fingerprint density at radius 3 is 2.35 bits per heavy atom. The van der Waals surface area contributed by atoms with Crippen molar-refractivity contribution in [1.82, 2.24) is 9.22 Å². The number of hydrogen-bond donors (Lipinski definition) is 0. The predicted molar refractivity (Wildman–Crippen MR) is 74.1 cm³/mol. The van der Waals surface area contributed by atoms with Crippen LogP contribution in [0.1, 0.15) is 5.69 Å². The van der Waals surface area contributed by atoms with Crippen LogP contribution in [0.25, 0.3) is 0 Å². The molecular weight excluding hydrogens is 248 g/mol. The standard InChI is InChI=1S/C11H22N2O2Si2/c1-16(2,3)13-9-12-8-10(13)7-11(14)15-17(4,5)6/h8-9H,7H2,1-6H3. The SMILES string of the molecule is C[Si](C)(C)OC(=O)Cc1cncn1[Si](C)(C)C. The van der Waals surface area contributed by atoms with Crippen LogP contribution in [-0.4, -0.2) is 31.7 Å². The van der Waals surface area contributed by atoms with Crippen molar-refractivity contribution in [3.63, 3.8) is 0 Å². The van der Waals surface area contributed by atoms with E-state index in [0.29, 0.717) is 6.42 Å². The summed E-state index contributed by atoms with van der Waals surface area (Å²) in [4.78, 5) is 15.9. The van der Waals surface area contributed by atoms with Gasteiger partial charge >= 0.3 is 0 Å². The van der Waals surface area contributed by atoms with Crippen LogP contribution in [-0.2, 0) is 15.6 Å². The summed E-state index contributed by atoms with van der Waals surface area (Å²) in [5, 5.41) is 0. The molecular formula is C11H22N2O2Si2. The molecule has 0 aliphatic carbocycles. The Labute approximate surface area is 105 Å². The summed E-state index contributed by atoms with van der Waals surface area (Å²) < 4.78 is 7.60. The van der Waals surface area contributed by atoms with Gasteiger partial charge in [-0.25, -0.2) is 4.98 Å². The Morgan fingerprint density at radius 1 is 1.29 bits per heavy atom. The first-order valence-corrected chi connectivity index (χ1v) is 12.7. The molecule has 1 heterocycles. The molecule has 1 rings (SSSR count). The molecule has 0 spiro atoms. The van der Waals surface area contributed by atoms with Gasteiger partial charge in [-0.1, -0.05) is 19.6 Å². The summed E-state index contributed by atoms with van der Waals surface area (Å²) in [6.07, 6.45) is 3.92. The smallest absolute Gasteiger partial charge is 0.298 e. The third-order valence-electron chi connectivity index (χ3n) is 2.18. The molecule has 1 aromatic heterocycles. The molecule has 0 aliphatic heterocycles. The molecule has 0 saturated carbocycles. The van der Waals surface area contributed by atoms with E-state index in [1.165, 1.54) is 0 Å².